The normalized spacial score (nSPS) is 11.6. The lowest BCUT2D eigenvalue weighted by Gasteiger charge is -2.13. The van der Waals surface area contributed by atoms with Gasteiger partial charge in [-0.15, -0.1) is 0 Å². The summed E-state index contributed by atoms with van der Waals surface area (Å²) < 4.78 is 54.2. The molecule has 0 aliphatic heterocycles. The third-order valence-electron chi connectivity index (χ3n) is 3.66. The number of methoxy groups -OCH3 is 3. The second kappa shape index (κ2) is 7.96. The molecule has 2 aromatic carbocycles. The molecule has 3 nitrogen and oxygen atoms in total. The minimum absolute atomic E-state index is 0.437. The van der Waals surface area contributed by atoms with Crippen LogP contribution in [0.5, 0.6) is 17.2 Å². The smallest absolute Gasteiger partial charge is 0.416 e. The standard InChI is InChI=1S/C19H19F3O3/c1-23-15-11-17(24-2)16(18(12-15)25-3)9-5-7-13-6-4-8-14(10-13)19(20,21)22/h4-8,10-12H,9H2,1-3H3/b7-5+. The van der Waals surface area contributed by atoms with Crippen molar-refractivity contribution in [3.63, 3.8) is 0 Å². The van der Waals surface area contributed by atoms with Gasteiger partial charge in [-0.05, 0) is 24.1 Å². The van der Waals surface area contributed by atoms with Crippen molar-refractivity contribution in [2.45, 2.75) is 12.6 Å². The van der Waals surface area contributed by atoms with E-state index in [-0.39, 0.29) is 0 Å². The number of hydrogen-bond donors (Lipinski definition) is 0. The van der Waals surface area contributed by atoms with Gasteiger partial charge in [0.1, 0.15) is 17.2 Å². The average molecular weight is 352 g/mol. The molecule has 0 radical (unpaired) electrons. The Balaban J connectivity index is 2.25. The predicted molar refractivity (Wildman–Crippen MR) is 90.3 cm³/mol. The van der Waals surface area contributed by atoms with Crippen LogP contribution in [0.25, 0.3) is 6.08 Å². The van der Waals surface area contributed by atoms with Crippen molar-refractivity contribution in [3.8, 4) is 17.2 Å². The van der Waals surface area contributed by atoms with E-state index in [0.29, 0.717) is 29.2 Å². The van der Waals surface area contributed by atoms with E-state index in [4.69, 9.17) is 14.2 Å². The van der Waals surface area contributed by atoms with Gasteiger partial charge >= 0.3 is 6.18 Å². The summed E-state index contributed by atoms with van der Waals surface area (Å²) in [5.74, 6) is 1.77. The number of rotatable bonds is 6. The Morgan fingerprint density at radius 1 is 0.920 bits per heavy atom. The molecule has 0 atom stereocenters. The molecule has 0 unspecified atom stereocenters. The van der Waals surface area contributed by atoms with E-state index >= 15 is 0 Å². The van der Waals surface area contributed by atoms with Gasteiger partial charge in [-0.1, -0.05) is 24.3 Å². The molecule has 0 aliphatic rings. The molecule has 2 aromatic rings. The predicted octanol–water partition coefficient (Wildman–Crippen LogP) is 4.99. The van der Waals surface area contributed by atoms with Crippen LogP contribution in [0.1, 0.15) is 16.7 Å². The van der Waals surface area contributed by atoms with E-state index in [0.717, 1.165) is 17.7 Å². The number of ether oxygens (including phenoxy) is 3. The second-order valence-electron chi connectivity index (χ2n) is 5.24. The maximum atomic E-state index is 12.8. The SMILES string of the molecule is COc1cc(OC)c(C/C=C/c2cccc(C(F)(F)F)c2)c(OC)c1. The summed E-state index contributed by atoms with van der Waals surface area (Å²) in [5, 5.41) is 0. The van der Waals surface area contributed by atoms with Gasteiger partial charge in [-0.25, -0.2) is 0 Å². The van der Waals surface area contributed by atoms with Crippen molar-refractivity contribution in [2.24, 2.45) is 0 Å². The lowest BCUT2D eigenvalue weighted by atomic mass is 10.1. The largest absolute Gasteiger partial charge is 0.496 e. The van der Waals surface area contributed by atoms with Gasteiger partial charge in [-0.3, -0.25) is 0 Å². The van der Waals surface area contributed by atoms with Crippen molar-refractivity contribution in [2.75, 3.05) is 21.3 Å². The van der Waals surface area contributed by atoms with Crippen LogP contribution < -0.4 is 14.2 Å². The Bertz CT molecular complexity index is 727. The van der Waals surface area contributed by atoms with E-state index < -0.39 is 11.7 Å². The average Bonchev–Trinajstić information content (AvgIpc) is 2.61. The van der Waals surface area contributed by atoms with E-state index in [1.807, 2.05) is 0 Å². The monoisotopic (exact) mass is 352 g/mol. The first kappa shape index (κ1) is 18.7. The Morgan fingerprint density at radius 3 is 2.08 bits per heavy atom. The Morgan fingerprint density at radius 2 is 1.56 bits per heavy atom. The van der Waals surface area contributed by atoms with E-state index in [9.17, 15) is 13.2 Å². The molecule has 25 heavy (non-hydrogen) atoms. The van der Waals surface area contributed by atoms with Gasteiger partial charge in [-0.2, -0.15) is 13.2 Å². The van der Waals surface area contributed by atoms with Crippen LogP contribution >= 0.6 is 0 Å². The molecule has 134 valence electrons. The highest BCUT2D eigenvalue weighted by Crippen LogP contribution is 2.35. The molecule has 2 rings (SSSR count). The molecule has 0 aromatic heterocycles. The minimum atomic E-state index is -4.35. The fraction of sp³-hybridized carbons (Fsp3) is 0.263. The maximum Gasteiger partial charge on any atom is 0.416 e. The number of benzene rings is 2. The van der Waals surface area contributed by atoms with Gasteiger partial charge in [0.25, 0.3) is 0 Å². The summed E-state index contributed by atoms with van der Waals surface area (Å²) in [6.07, 6.45) is -0.514. The maximum absolute atomic E-state index is 12.8. The number of hydrogen-bond acceptors (Lipinski definition) is 3. The zero-order chi connectivity index (χ0) is 18.4. The summed E-state index contributed by atoms with van der Waals surface area (Å²) in [5.41, 5.74) is 0.588. The second-order valence-corrected chi connectivity index (χ2v) is 5.24. The molecule has 0 saturated carbocycles. The molecule has 0 saturated heterocycles. The fourth-order valence-electron chi connectivity index (χ4n) is 2.41. The molecule has 0 aliphatic carbocycles. The van der Waals surface area contributed by atoms with Crippen LogP contribution in [-0.2, 0) is 12.6 Å². The molecule has 0 N–H and O–H groups in total. The van der Waals surface area contributed by atoms with Gasteiger partial charge in [0, 0.05) is 17.7 Å². The molecular formula is C19H19F3O3. The first-order chi connectivity index (χ1) is 11.9. The third-order valence-corrected chi connectivity index (χ3v) is 3.66. The molecule has 0 heterocycles. The number of allylic oxidation sites excluding steroid dienone is 1. The van der Waals surface area contributed by atoms with Crippen molar-refractivity contribution in [1.82, 2.24) is 0 Å². The number of halogens is 3. The zero-order valence-corrected chi connectivity index (χ0v) is 14.2. The summed E-state index contributed by atoms with van der Waals surface area (Å²) in [6.45, 7) is 0. The van der Waals surface area contributed by atoms with Gasteiger partial charge in [0.05, 0.1) is 26.9 Å². The van der Waals surface area contributed by atoms with E-state index in [1.54, 1.807) is 37.5 Å². The molecule has 0 amide bonds. The quantitative estimate of drug-likeness (QED) is 0.733. The lowest BCUT2D eigenvalue weighted by Crippen LogP contribution is -2.04. The van der Waals surface area contributed by atoms with Crippen LogP contribution in [0.15, 0.2) is 42.5 Å². The number of alkyl halides is 3. The van der Waals surface area contributed by atoms with Gasteiger partial charge in [0.15, 0.2) is 0 Å². The van der Waals surface area contributed by atoms with Crippen molar-refractivity contribution < 1.29 is 27.4 Å². The van der Waals surface area contributed by atoms with Crippen LogP contribution in [0.2, 0.25) is 0 Å². The molecule has 0 fully saturated rings. The van der Waals surface area contributed by atoms with Gasteiger partial charge < -0.3 is 14.2 Å². The summed E-state index contributed by atoms with van der Waals surface area (Å²) in [6, 6.07) is 8.63. The Kier molecular flexibility index (Phi) is 5.96. The van der Waals surface area contributed by atoms with E-state index in [2.05, 4.69) is 0 Å². The van der Waals surface area contributed by atoms with Crippen LogP contribution in [0, 0.1) is 0 Å². The highest BCUT2D eigenvalue weighted by atomic mass is 19.4. The fourth-order valence-corrected chi connectivity index (χ4v) is 2.41. The van der Waals surface area contributed by atoms with E-state index in [1.165, 1.54) is 20.3 Å². The highest BCUT2D eigenvalue weighted by Gasteiger charge is 2.30. The minimum Gasteiger partial charge on any atom is -0.496 e. The summed E-state index contributed by atoms with van der Waals surface area (Å²) >= 11 is 0. The molecule has 0 spiro atoms. The molecule has 6 heteroatoms. The third kappa shape index (κ3) is 4.68. The first-order valence-electron chi connectivity index (χ1n) is 7.51. The zero-order valence-electron chi connectivity index (χ0n) is 14.2. The lowest BCUT2D eigenvalue weighted by molar-refractivity contribution is -0.137. The highest BCUT2D eigenvalue weighted by molar-refractivity contribution is 5.55. The first-order valence-corrected chi connectivity index (χ1v) is 7.51. The summed E-state index contributed by atoms with van der Waals surface area (Å²) in [4.78, 5) is 0. The van der Waals surface area contributed by atoms with Crippen molar-refractivity contribution in [1.29, 1.82) is 0 Å². The van der Waals surface area contributed by atoms with Crippen LogP contribution in [0.4, 0.5) is 13.2 Å². The van der Waals surface area contributed by atoms with Crippen LogP contribution in [-0.4, -0.2) is 21.3 Å². The summed E-state index contributed by atoms with van der Waals surface area (Å²) in [7, 11) is 4.61. The van der Waals surface area contributed by atoms with Gasteiger partial charge in [0.2, 0.25) is 0 Å². The topological polar surface area (TPSA) is 27.7 Å². The van der Waals surface area contributed by atoms with Crippen molar-refractivity contribution >= 4 is 6.08 Å². The molecule has 0 bridgehead atoms. The van der Waals surface area contributed by atoms with Crippen LogP contribution in [0.3, 0.4) is 0 Å². The molecular weight excluding hydrogens is 333 g/mol. The Hall–Kier alpha value is -2.63. The van der Waals surface area contributed by atoms with Crippen molar-refractivity contribution in [3.05, 3.63) is 59.2 Å². The Labute approximate surface area is 144 Å².